The summed E-state index contributed by atoms with van der Waals surface area (Å²) in [5.41, 5.74) is 10.1. The molecule has 2 aliphatic rings. The number of H-pyrrole nitrogens is 1. The van der Waals surface area contributed by atoms with E-state index in [1.54, 1.807) is 0 Å². The second-order valence-electron chi connectivity index (χ2n) is 9.31. The number of carboxylic acids is 2. The minimum Gasteiger partial charge on any atom is -0.484 e. The summed E-state index contributed by atoms with van der Waals surface area (Å²) in [5.74, 6) is -1.08. The second kappa shape index (κ2) is 14.0. The number of ether oxygens (including phenoxy) is 2. The number of carbonyl (C=O) groups is 3. The van der Waals surface area contributed by atoms with Crippen molar-refractivity contribution in [3.63, 3.8) is 0 Å². The monoisotopic (exact) mass is 563 g/mol. The number of benzene rings is 2. The number of anilines is 1. The number of piperazine rings is 1. The molecule has 2 aliphatic heterocycles. The normalized spacial score (nSPS) is 14.8. The Balaban J connectivity index is 0.000000426. The minimum atomic E-state index is -1.26. The molecule has 0 bridgehead atoms. The summed E-state index contributed by atoms with van der Waals surface area (Å²) in [5, 5.41) is 16.7. The highest BCUT2D eigenvalue weighted by Gasteiger charge is 2.22. The van der Waals surface area contributed by atoms with Crippen LogP contribution in [0.15, 0.2) is 65.8 Å². The van der Waals surface area contributed by atoms with Crippen molar-refractivity contribution in [2.45, 2.75) is 6.42 Å². The van der Waals surface area contributed by atoms with Crippen LogP contribution < -0.4 is 15.4 Å². The van der Waals surface area contributed by atoms with Crippen LogP contribution >= 0.6 is 0 Å². The van der Waals surface area contributed by atoms with Crippen LogP contribution in [-0.4, -0.2) is 96.3 Å². The summed E-state index contributed by atoms with van der Waals surface area (Å²) in [7, 11) is 0. The number of amides is 1. The molecule has 0 atom stereocenters. The molecule has 216 valence electrons. The number of aromatic amines is 1. The highest BCUT2D eigenvalue weighted by atomic mass is 16.5. The van der Waals surface area contributed by atoms with E-state index in [9.17, 15) is 14.4 Å². The number of nitrogens with one attached hydrogen (secondary N) is 1. The van der Waals surface area contributed by atoms with Gasteiger partial charge in [0.05, 0.1) is 6.54 Å². The second-order valence-corrected chi connectivity index (χ2v) is 9.31. The Morgan fingerprint density at radius 2 is 1.73 bits per heavy atom. The number of rotatable bonds is 9. The van der Waals surface area contributed by atoms with E-state index in [0.29, 0.717) is 44.1 Å². The van der Waals surface area contributed by atoms with Crippen LogP contribution in [0, 0.1) is 0 Å². The summed E-state index contributed by atoms with van der Waals surface area (Å²) < 4.78 is 11.4. The van der Waals surface area contributed by atoms with E-state index in [0.717, 1.165) is 59.7 Å². The topological polar surface area (TPSA) is 171 Å². The Morgan fingerprint density at radius 1 is 1.02 bits per heavy atom. The maximum absolute atomic E-state index is 12.7. The van der Waals surface area contributed by atoms with Gasteiger partial charge in [-0.3, -0.25) is 4.79 Å². The summed E-state index contributed by atoms with van der Waals surface area (Å²) in [6.45, 7) is 4.96. The van der Waals surface area contributed by atoms with E-state index in [2.05, 4.69) is 27.0 Å². The van der Waals surface area contributed by atoms with Gasteiger partial charge in [0.2, 0.25) is 5.90 Å². The average Bonchev–Trinajstić information content (AvgIpc) is 3.66. The largest absolute Gasteiger partial charge is 0.484 e. The number of nitrogens with two attached hydrogens (primary N) is 1. The van der Waals surface area contributed by atoms with Gasteiger partial charge in [0.25, 0.3) is 5.91 Å². The van der Waals surface area contributed by atoms with Gasteiger partial charge in [-0.2, -0.15) is 0 Å². The summed E-state index contributed by atoms with van der Waals surface area (Å²) in [4.78, 5) is 43.6. The van der Waals surface area contributed by atoms with Gasteiger partial charge in [0, 0.05) is 66.7 Å². The van der Waals surface area contributed by atoms with Crippen LogP contribution in [0.3, 0.4) is 0 Å². The zero-order valence-electron chi connectivity index (χ0n) is 22.5. The van der Waals surface area contributed by atoms with Gasteiger partial charge < -0.3 is 40.2 Å². The third-order valence-electron chi connectivity index (χ3n) is 6.58. The molecule has 3 heterocycles. The number of carboxylic acid groups (broad SMARTS) is 2. The van der Waals surface area contributed by atoms with Crippen LogP contribution in [0.1, 0.15) is 11.1 Å². The van der Waals surface area contributed by atoms with Crippen molar-refractivity contribution in [1.29, 1.82) is 0 Å². The van der Waals surface area contributed by atoms with Crippen molar-refractivity contribution < 1.29 is 34.1 Å². The van der Waals surface area contributed by atoms with Crippen LogP contribution in [0.25, 0.3) is 10.9 Å². The lowest BCUT2D eigenvalue weighted by Crippen LogP contribution is -2.50. The van der Waals surface area contributed by atoms with Gasteiger partial charge in [0.1, 0.15) is 12.4 Å². The van der Waals surface area contributed by atoms with Gasteiger partial charge >= 0.3 is 11.9 Å². The number of aromatic nitrogens is 1. The summed E-state index contributed by atoms with van der Waals surface area (Å²) >= 11 is 0. The zero-order valence-corrected chi connectivity index (χ0v) is 22.5. The molecule has 12 nitrogen and oxygen atoms in total. The van der Waals surface area contributed by atoms with Crippen LogP contribution in [0.2, 0.25) is 0 Å². The third-order valence-corrected chi connectivity index (χ3v) is 6.58. The predicted octanol–water partition coefficient (Wildman–Crippen LogP) is 1.89. The Labute approximate surface area is 236 Å². The third kappa shape index (κ3) is 8.08. The molecule has 5 rings (SSSR count). The minimum absolute atomic E-state index is 0.0118. The Bertz CT molecular complexity index is 1410. The van der Waals surface area contributed by atoms with Gasteiger partial charge in [-0.1, -0.05) is 0 Å². The lowest BCUT2D eigenvalue weighted by molar-refractivity contribution is -0.134. The van der Waals surface area contributed by atoms with Crippen molar-refractivity contribution in [2.24, 2.45) is 10.7 Å². The van der Waals surface area contributed by atoms with Gasteiger partial charge in [-0.05, 0) is 61.0 Å². The Hall–Kier alpha value is -4.84. The molecule has 1 aromatic heterocycles. The molecule has 1 fully saturated rings. The summed E-state index contributed by atoms with van der Waals surface area (Å²) in [6, 6.07) is 14.1. The van der Waals surface area contributed by atoms with E-state index >= 15 is 0 Å². The molecule has 41 heavy (non-hydrogen) atoms. The van der Waals surface area contributed by atoms with Crippen LogP contribution in [0.5, 0.6) is 5.75 Å². The van der Waals surface area contributed by atoms with Crippen molar-refractivity contribution in [3.05, 3.63) is 71.9 Å². The number of fused-ring (bicyclic) bond motifs is 1. The molecule has 0 saturated carbocycles. The quantitative estimate of drug-likeness (QED) is 0.284. The SMILES string of the molecule is NCCc1c[nH]c2ccc(OCC(=O)N3CCN(c4ccc(C5=NCCO5)cc4)CC3)cc12.O=C(O)/C=C/C(=O)O. The van der Waals surface area contributed by atoms with E-state index in [1.165, 1.54) is 0 Å². The number of aliphatic carboxylic acids is 2. The highest BCUT2D eigenvalue weighted by molar-refractivity contribution is 5.95. The molecule has 1 amide bonds. The summed E-state index contributed by atoms with van der Waals surface area (Å²) in [6.07, 6.45) is 3.90. The highest BCUT2D eigenvalue weighted by Crippen LogP contribution is 2.24. The average molecular weight is 564 g/mol. The predicted molar refractivity (Wildman–Crippen MR) is 154 cm³/mol. The lowest BCUT2D eigenvalue weighted by atomic mass is 10.1. The van der Waals surface area contributed by atoms with Crippen molar-refractivity contribution in [3.8, 4) is 5.75 Å². The molecule has 0 radical (unpaired) electrons. The molecular weight excluding hydrogens is 530 g/mol. The van der Waals surface area contributed by atoms with Gasteiger partial charge in [0.15, 0.2) is 6.61 Å². The van der Waals surface area contributed by atoms with E-state index in [1.807, 2.05) is 41.4 Å². The van der Waals surface area contributed by atoms with Gasteiger partial charge in [-0.25, -0.2) is 14.6 Å². The fraction of sp³-hybridized carbons (Fsp3) is 0.310. The lowest BCUT2D eigenvalue weighted by Gasteiger charge is -2.36. The molecule has 0 unspecified atom stereocenters. The first kappa shape index (κ1) is 29.2. The first-order valence-electron chi connectivity index (χ1n) is 13.2. The van der Waals surface area contributed by atoms with Crippen LogP contribution in [-0.2, 0) is 25.5 Å². The molecule has 2 aromatic carbocycles. The molecule has 1 saturated heterocycles. The maximum Gasteiger partial charge on any atom is 0.328 e. The number of aliphatic imine (C=N–C) groups is 1. The first-order valence-corrected chi connectivity index (χ1v) is 13.2. The molecule has 3 aromatic rings. The Morgan fingerprint density at radius 3 is 2.34 bits per heavy atom. The van der Waals surface area contributed by atoms with E-state index in [4.69, 9.17) is 25.4 Å². The number of hydrogen-bond donors (Lipinski definition) is 4. The van der Waals surface area contributed by atoms with Crippen molar-refractivity contribution >= 4 is 40.3 Å². The van der Waals surface area contributed by atoms with Crippen molar-refractivity contribution in [2.75, 3.05) is 57.4 Å². The first-order chi connectivity index (χ1) is 19.8. The maximum atomic E-state index is 12.7. The standard InChI is InChI=1S/C25H29N5O3.C4H4O4/c26-8-7-19-16-28-23-6-5-21(15-22(19)23)33-17-24(31)30-12-10-29(11-13-30)20-3-1-18(2-4-20)25-27-9-14-32-25;5-3(6)1-2-4(7)8/h1-6,15-16,28H,7-14,17,26H2;1-2H,(H,5,6)(H,7,8)/b;2-1+. The molecule has 12 heteroatoms. The van der Waals surface area contributed by atoms with Gasteiger partial charge in [-0.15, -0.1) is 0 Å². The number of nitrogens with zero attached hydrogens (tertiary/aromatic N) is 3. The zero-order chi connectivity index (χ0) is 29.2. The molecule has 0 spiro atoms. The number of hydrogen-bond acceptors (Lipinski definition) is 8. The van der Waals surface area contributed by atoms with Crippen molar-refractivity contribution in [1.82, 2.24) is 9.88 Å². The molecule has 0 aliphatic carbocycles. The number of carbonyl (C=O) groups excluding carboxylic acids is 1. The molecule has 5 N–H and O–H groups in total. The fourth-order valence-electron chi connectivity index (χ4n) is 4.53. The fourth-order valence-corrected chi connectivity index (χ4v) is 4.53. The van der Waals surface area contributed by atoms with Crippen LogP contribution in [0.4, 0.5) is 5.69 Å². The smallest absolute Gasteiger partial charge is 0.328 e. The van der Waals surface area contributed by atoms with E-state index < -0.39 is 11.9 Å². The molecular formula is C29H33N5O7. The Kier molecular flexibility index (Phi) is 9.94. The van der Waals surface area contributed by atoms with E-state index in [-0.39, 0.29) is 12.5 Å².